The van der Waals surface area contributed by atoms with Crippen LogP contribution in [-0.4, -0.2) is 37.1 Å². The Kier molecular flexibility index (Phi) is 6.54. The molecule has 0 bridgehead atoms. The predicted octanol–water partition coefficient (Wildman–Crippen LogP) is 2.61. The van der Waals surface area contributed by atoms with Crippen molar-refractivity contribution in [3.05, 3.63) is 53.7 Å². The summed E-state index contributed by atoms with van der Waals surface area (Å²) in [5.74, 6) is 0.618. The van der Waals surface area contributed by atoms with Crippen molar-refractivity contribution >= 4 is 23.4 Å². The van der Waals surface area contributed by atoms with Gasteiger partial charge in [-0.15, -0.1) is 0 Å². The molecule has 7 nitrogen and oxygen atoms in total. The number of pyridine rings is 1. The molecular weight excluding hydrogens is 330 g/mol. The largest absolute Gasteiger partial charge is 0.363 e. The lowest BCUT2D eigenvalue weighted by molar-refractivity contribution is 0.0950. The van der Waals surface area contributed by atoms with E-state index in [1.165, 1.54) is 0 Å². The third kappa shape index (κ3) is 5.77. The minimum Gasteiger partial charge on any atom is -0.363 e. The maximum atomic E-state index is 12.2. The van der Waals surface area contributed by atoms with Crippen LogP contribution in [0.2, 0.25) is 0 Å². The minimum absolute atomic E-state index is 0.0748. The normalized spacial score (nSPS) is 10.3. The number of amides is 3. The number of rotatable bonds is 6. The molecule has 26 heavy (non-hydrogen) atoms. The van der Waals surface area contributed by atoms with Gasteiger partial charge in [0.15, 0.2) is 0 Å². The van der Waals surface area contributed by atoms with E-state index in [0.717, 1.165) is 11.4 Å². The van der Waals surface area contributed by atoms with Crippen LogP contribution in [0.4, 0.5) is 16.3 Å². The van der Waals surface area contributed by atoms with E-state index >= 15 is 0 Å². The summed E-state index contributed by atoms with van der Waals surface area (Å²) in [6, 6.07) is 10.7. The number of anilines is 2. The van der Waals surface area contributed by atoms with Crippen LogP contribution in [0.15, 0.2) is 42.6 Å². The van der Waals surface area contributed by atoms with E-state index in [1.807, 2.05) is 45.0 Å². The fraction of sp³-hybridized carbons (Fsp3) is 0.316. The molecule has 0 fully saturated rings. The van der Waals surface area contributed by atoms with Crippen LogP contribution in [0.1, 0.15) is 29.8 Å². The maximum Gasteiger partial charge on any atom is 0.319 e. The number of urea groups is 1. The number of nitrogens with zero attached hydrogens (tertiary/aromatic N) is 2. The number of hydrogen-bond acceptors (Lipinski definition) is 4. The SMILES string of the molecule is CC(C)NC(=O)Nc1ccc(CNC(=O)c2ccc(N(C)C)nc2)cc1. The number of aromatic nitrogens is 1. The molecule has 138 valence electrons. The summed E-state index contributed by atoms with van der Waals surface area (Å²) in [4.78, 5) is 29.9. The molecule has 2 aromatic rings. The first-order chi connectivity index (χ1) is 12.3. The van der Waals surface area contributed by atoms with Gasteiger partial charge in [-0.3, -0.25) is 4.79 Å². The van der Waals surface area contributed by atoms with E-state index in [0.29, 0.717) is 17.8 Å². The molecule has 0 atom stereocenters. The first-order valence-electron chi connectivity index (χ1n) is 8.43. The van der Waals surface area contributed by atoms with Gasteiger partial charge in [0.05, 0.1) is 5.56 Å². The van der Waals surface area contributed by atoms with Gasteiger partial charge in [0, 0.05) is 38.6 Å². The Labute approximate surface area is 153 Å². The second-order valence-corrected chi connectivity index (χ2v) is 6.43. The number of hydrogen-bond donors (Lipinski definition) is 3. The van der Waals surface area contributed by atoms with Crippen LogP contribution in [-0.2, 0) is 6.54 Å². The quantitative estimate of drug-likeness (QED) is 0.743. The van der Waals surface area contributed by atoms with Gasteiger partial charge in [-0.1, -0.05) is 12.1 Å². The van der Waals surface area contributed by atoms with Gasteiger partial charge in [0.2, 0.25) is 0 Å². The average molecular weight is 355 g/mol. The summed E-state index contributed by atoms with van der Waals surface area (Å²) in [5, 5.41) is 8.37. The standard InChI is InChI=1S/C19H25N5O2/c1-13(2)22-19(26)23-16-8-5-14(6-9-16)11-21-18(25)15-7-10-17(20-12-15)24(3)4/h5-10,12-13H,11H2,1-4H3,(H,21,25)(H2,22,23,26). The van der Waals surface area contributed by atoms with Crippen LogP contribution >= 0.6 is 0 Å². The van der Waals surface area contributed by atoms with E-state index in [9.17, 15) is 9.59 Å². The van der Waals surface area contributed by atoms with E-state index in [2.05, 4.69) is 20.9 Å². The molecule has 2 rings (SSSR count). The van der Waals surface area contributed by atoms with Crippen molar-refractivity contribution in [3.8, 4) is 0 Å². The molecule has 0 saturated heterocycles. The number of carbonyl (C=O) groups excluding carboxylic acids is 2. The van der Waals surface area contributed by atoms with E-state index in [4.69, 9.17) is 0 Å². The summed E-state index contributed by atoms with van der Waals surface area (Å²) in [7, 11) is 3.79. The lowest BCUT2D eigenvalue weighted by Gasteiger charge is -2.12. The predicted molar refractivity (Wildman–Crippen MR) is 103 cm³/mol. The van der Waals surface area contributed by atoms with Crippen molar-refractivity contribution < 1.29 is 9.59 Å². The highest BCUT2D eigenvalue weighted by molar-refractivity contribution is 5.94. The van der Waals surface area contributed by atoms with Crippen molar-refractivity contribution in [2.45, 2.75) is 26.4 Å². The molecule has 0 spiro atoms. The fourth-order valence-corrected chi connectivity index (χ4v) is 2.20. The zero-order valence-electron chi connectivity index (χ0n) is 15.5. The molecular formula is C19H25N5O2. The molecule has 0 radical (unpaired) electrons. The molecule has 0 saturated carbocycles. The van der Waals surface area contributed by atoms with Crippen molar-refractivity contribution in [2.75, 3.05) is 24.3 Å². The highest BCUT2D eigenvalue weighted by Crippen LogP contribution is 2.11. The summed E-state index contributed by atoms with van der Waals surface area (Å²) < 4.78 is 0. The Morgan fingerprint density at radius 3 is 2.31 bits per heavy atom. The van der Waals surface area contributed by atoms with Crippen molar-refractivity contribution in [2.24, 2.45) is 0 Å². The molecule has 1 heterocycles. The second-order valence-electron chi connectivity index (χ2n) is 6.43. The third-order valence-corrected chi connectivity index (χ3v) is 3.55. The smallest absolute Gasteiger partial charge is 0.319 e. The molecule has 1 aromatic heterocycles. The Morgan fingerprint density at radius 1 is 1.08 bits per heavy atom. The first-order valence-corrected chi connectivity index (χ1v) is 8.43. The monoisotopic (exact) mass is 355 g/mol. The lowest BCUT2D eigenvalue weighted by atomic mass is 10.2. The average Bonchev–Trinajstić information content (AvgIpc) is 2.60. The summed E-state index contributed by atoms with van der Waals surface area (Å²) in [6.45, 7) is 4.19. The van der Waals surface area contributed by atoms with Crippen LogP contribution < -0.4 is 20.9 Å². The molecule has 1 aromatic carbocycles. The molecule has 3 amide bonds. The fourth-order valence-electron chi connectivity index (χ4n) is 2.20. The van der Waals surface area contributed by atoms with Crippen LogP contribution in [0, 0.1) is 0 Å². The number of carbonyl (C=O) groups is 2. The van der Waals surface area contributed by atoms with Crippen molar-refractivity contribution in [1.29, 1.82) is 0 Å². The van der Waals surface area contributed by atoms with E-state index in [1.54, 1.807) is 30.5 Å². The van der Waals surface area contributed by atoms with Crippen LogP contribution in [0.3, 0.4) is 0 Å². The Hall–Kier alpha value is -3.09. The van der Waals surface area contributed by atoms with Gasteiger partial charge in [0.25, 0.3) is 5.91 Å². The van der Waals surface area contributed by atoms with Crippen LogP contribution in [0.5, 0.6) is 0 Å². The first kappa shape index (κ1) is 19.2. The Balaban J connectivity index is 1.87. The molecule has 3 N–H and O–H groups in total. The molecule has 7 heteroatoms. The van der Waals surface area contributed by atoms with Gasteiger partial charge < -0.3 is 20.9 Å². The molecule has 0 aliphatic carbocycles. The minimum atomic E-state index is -0.241. The Morgan fingerprint density at radius 2 is 1.77 bits per heavy atom. The number of nitrogens with one attached hydrogen (secondary N) is 3. The summed E-state index contributed by atoms with van der Waals surface area (Å²) in [5.41, 5.74) is 2.15. The lowest BCUT2D eigenvalue weighted by Crippen LogP contribution is -2.34. The zero-order valence-corrected chi connectivity index (χ0v) is 15.5. The van der Waals surface area contributed by atoms with Gasteiger partial charge >= 0.3 is 6.03 Å². The number of benzene rings is 1. The van der Waals surface area contributed by atoms with Crippen molar-refractivity contribution in [1.82, 2.24) is 15.6 Å². The van der Waals surface area contributed by atoms with E-state index in [-0.39, 0.29) is 18.0 Å². The third-order valence-electron chi connectivity index (χ3n) is 3.55. The van der Waals surface area contributed by atoms with Gasteiger partial charge in [0.1, 0.15) is 5.82 Å². The highest BCUT2D eigenvalue weighted by atomic mass is 16.2. The Bertz CT molecular complexity index is 740. The topological polar surface area (TPSA) is 86.4 Å². The molecule has 0 aliphatic heterocycles. The zero-order chi connectivity index (χ0) is 19.1. The summed E-state index contributed by atoms with van der Waals surface area (Å²) >= 11 is 0. The van der Waals surface area contributed by atoms with Gasteiger partial charge in [-0.2, -0.15) is 0 Å². The maximum absolute atomic E-state index is 12.2. The molecule has 0 unspecified atom stereocenters. The van der Waals surface area contributed by atoms with Crippen molar-refractivity contribution in [3.63, 3.8) is 0 Å². The highest BCUT2D eigenvalue weighted by Gasteiger charge is 2.07. The van der Waals surface area contributed by atoms with Gasteiger partial charge in [-0.25, -0.2) is 9.78 Å². The van der Waals surface area contributed by atoms with Crippen LogP contribution in [0.25, 0.3) is 0 Å². The summed E-state index contributed by atoms with van der Waals surface area (Å²) in [6.07, 6.45) is 1.56. The van der Waals surface area contributed by atoms with E-state index < -0.39 is 0 Å². The van der Waals surface area contributed by atoms with Gasteiger partial charge in [-0.05, 0) is 43.7 Å². The molecule has 0 aliphatic rings. The second kappa shape index (κ2) is 8.84.